The number of nitrogens with one attached hydrogen (secondary N) is 2. The summed E-state index contributed by atoms with van der Waals surface area (Å²) >= 11 is 0. The van der Waals surface area contributed by atoms with Gasteiger partial charge in [0.25, 0.3) is 0 Å². The average Bonchev–Trinajstić information content (AvgIpc) is 2.46. The van der Waals surface area contributed by atoms with Gasteiger partial charge >= 0.3 is 0 Å². The van der Waals surface area contributed by atoms with Gasteiger partial charge in [0.1, 0.15) is 0 Å². The Bertz CT molecular complexity index is 498. The van der Waals surface area contributed by atoms with Crippen LogP contribution in [0.4, 0.5) is 0 Å². The van der Waals surface area contributed by atoms with E-state index in [9.17, 15) is 0 Å². The minimum atomic E-state index is 0. The second-order valence-corrected chi connectivity index (χ2v) is 6.83. The second kappa shape index (κ2) is 10.1. The van der Waals surface area contributed by atoms with Gasteiger partial charge in [-0.25, -0.2) is 0 Å². The van der Waals surface area contributed by atoms with Crippen LogP contribution in [0.5, 0.6) is 0 Å². The molecule has 1 aromatic rings. The molecule has 23 heavy (non-hydrogen) atoms. The predicted molar refractivity (Wildman–Crippen MR) is 112 cm³/mol. The molecule has 0 saturated carbocycles. The van der Waals surface area contributed by atoms with Gasteiger partial charge in [-0.2, -0.15) is 0 Å². The van der Waals surface area contributed by atoms with Crippen LogP contribution in [0.15, 0.2) is 29.3 Å². The summed E-state index contributed by atoms with van der Waals surface area (Å²) in [5.74, 6) is 1.30. The number of aryl methyl sites for hydroxylation is 1. The minimum Gasteiger partial charge on any atom is -0.356 e. The number of likely N-dealkylation sites (N-methyl/N-ethyl adjacent to an activating group) is 1. The van der Waals surface area contributed by atoms with E-state index in [0.717, 1.165) is 19.0 Å². The number of benzene rings is 1. The van der Waals surface area contributed by atoms with Gasteiger partial charge in [0.05, 0.1) is 0 Å². The van der Waals surface area contributed by atoms with Crippen molar-refractivity contribution in [3.8, 4) is 0 Å². The van der Waals surface area contributed by atoms with Crippen molar-refractivity contribution in [1.82, 2.24) is 15.5 Å². The van der Waals surface area contributed by atoms with E-state index in [0.29, 0.717) is 5.92 Å². The molecule has 4 nitrogen and oxygen atoms in total. The van der Waals surface area contributed by atoms with Crippen molar-refractivity contribution >= 4 is 29.9 Å². The maximum Gasteiger partial charge on any atom is 0.191 e. The number of nitrogens with zero attached hydrogens (tertiary/aromatic N) is 2. The maximum atomic E-state index is 4.31. The van der Waals surface area contributed by atoms with Crippen molar-refractivity contribution in [1.29, 1.82) is 0 Å². The number of guanidine groups is 1. The maximum absolute atomic E-state index is 4.31. The highest BCUT2D eigenvalue weighted by molar-refractivity contribution is 14.0. The van der Waals surface area contributed by atoms with E-state index >= 15 is 0 Å². The number of hydrogen-bond acceptors (Lipinski definition) is 2. The van der Waals surface area contributed by atoms with E-state index in [1.54, 1.807) is 0 Å². The average molecular weight is 432 g/mol. The molecule has 0 bridgehead atoms. The van der Waals surface area contributed by atoms with Gasteiger partial charge < -0.3 is 15.5 Å². The molecule has 1 atom stereocenters. The summed E-state index contributed by atoms with van der Waals surface area (Å²) in [7, 11) is 6.00. The summed E-state index contributed by atoms with van der Waals surface area (Å²) in [4.78, 5) is 6.52. The standard InChI is InChI=1S/C18H32N4.HI/c1-14-9-8-10-16(11-14)15(2)12-20-17(19-5)21-13-18(3,4)22(6)7;/h8-11,15H,12-13H2,1-7H3,(H2,19,20,21);1H. The van der Waals surface area contributed by atoms with Gasteiger partial charge in [-0.3, -0.25) is 4.99 Å². The smallest absolute Gasteiger partial charge is 0.191 e. The topological polar surface area (TPSA) is 39.7 Å². The highest BCUT2D eigenvalue weighted by Gasteiger charge is 2.20. The number of hydrogen-bond donors (Lipinski definition) is 2. The normalized spacial score (nSPS) is 13.5. The van der Waals surface area contributed by atoms with Crippen molar-refractivity contribution in [3.05, 3.63) is 35.4 Å². The van der Waals surface area contributed by atoms with Crippen molar-refractivity contribution in [2.45, 2.75) is 39.2 Å². The van der Waals surface area contributed by atoms with E-state index in [1.165, 1.54) is 11.1 Å². The Morgan fingerprint density at radius 1 is 1.26 bits per heavy atom. The fourth-order valence-electron chi connectivity index (χ4n) is 2.02. The van der Waals surface area contributed by atoms with Crippen LogP contribution >= 0.6 is 24.0 Å². The zero-order valence-electron chi connectivity index (χ0n) is 15.6. The largest absolute Gasteiger partial charge is 0.356 e. The Hall–Kier alpha value is -0.820. The number of aliphatic imine (C=N–C) groups is 1. The van der Waals surface area contributed by atoms with Crippen LogP contribution in [0.1, 0.15) is 37.8 Å². The first kappa shape index (κ1) is 22.2. The Kier molecular flexibility index (Phi) is 9.77. The lowest BCUT2D eigenvalue weighted by Crippen LogP contribution is -2.51. The van der Waals surface area contributed by atoms with Crippen molar-refractivity contribution in [2.75, 3.05) is 34.2 Å². The first-order valence-electron chi connectivity index (χ1n) is 7.95. The van der Waals surface area contributed by atoms with Crippen molar-refractivity contribution in [2.24, 2.45) is 4.99 Å². The minimum absolute atomic E-state index is 0. The molecule has 0 aliphatic rings. The molecule has 2 N–H and O–H groups in total. The summed E-state index contributed by atoms with van der Waals surface area (Å²) < 4.78 is 0. The Morgan fingerprint density at radius 3 is 2.43 bits per heavy atom. The van der Waals surface area contributed by atoms with Crippen LogP contribution in [0.3, 0.4) is 0 Å². The van der Waals surface area contributed by atoms with Gasteiger partial charge in [-0.15, -0.1) is 24.0 Å². The molecule has 0 aliphatic carbocycles. The molecular weight excluding hydrogens is 399 g/mol. The van der Waals surface area contributed by atoms with E-state index in [-0.39, 0.29) is 29.5 Å². The molecule has 0 fully saturated rings. The molecule has 0 aromatic heterocycles. The molecule has 1 unspecified atom stereocenters. The molecule has 0 amide bonds. The molecule has 0 spiro atoms. The summed E-state index contributed by atoms with van der Waals surface area (Å²) in [6.07, 6.45) is 0. The molecule has 0 aliphatic heterocycles. The predicted octanol–water partition coefficient (Wildman–Crippen LogP) is 3.22. The van der Waals surface area contributed by atoms with Crippen LogP contribution in [-0.2, 0) is 0 Å². The van der Waals surface area contributed by atoms with E-state index in [1.807, 2.05) is 7.05 Å². The molecule has 0 saturated heterocycles. The zero-order valence-corrected chi connectivity index (χ0v) is 17.9. The van der Waals surface area contributed by atoms with Crippen molar-refractivity contribution in [3.63, 3.8) is 0 Å². The summed E-state index contributed by atoms with van der Waals surface area (Å²) in [6.45, 7) is 10.5. The first-order chi connectivity index (χ1) is 10.3. The summed E-state index contributed by atoms with van der Waals surface area (Å²) in [5, 5.41) is 6.83. The lowest BCUT2D eigenvalue weighted by atomic mass is 9.99. The SMILES string of the molecule is CN=C(NCC(C)c1cccc(C)c1)NCC(C)(C)N(C)C.I. The van der Waals surface area contributed by atoms with E-state index in [4.69, 9.17) is 0 Å². The van der Waals surface area contributed by atoms with Gasteiger partial charge in [-0.05, 0) is 46.3 Å². The van der Waals surface area contributed by atoms with Crippen LogP contribution in [-0.4, -0.2) is 50.6 Å². The quantitative estimate of drug-likeness (QED) is 0.412. The zero-order chi connectivity index (χ0) is 16.8. The highest BCUT2D eigenvalue weighted by Crippen LogP contribution is 2.15. The molecule has 132 valence electrons. The Labute approximate surface area is 159 Å². The Balaban J connectivity index is 0.00000484. The lowest BCUT2D eigenvalue weighted by molar-refractivity contribution is 0.197. The van der Waals surface area contributed by atoms with Gasteiger partial charge in [-0.1, -0.05) is 36.8 Å². The molecule has 1 rings (SSSR count). The van der Waals surface area contributed by atoms with Gasteiger partial charge in [0.2, 0.25) is 0 Å². The fraction of sp³-hybridized carbons (Fsp3) is 0.611. The van der Waals surface area contributed by atoms with Gasteiger partial charge in [0, 0.05) is 25.7 Å². The van der Waals surface area contributed by atoms with E-state index < -0.39 is 0 Å². The molecular formula is C18H33IN4. The molecule has 0 heterocycles. The van der Waals surface area contributed by atoms with Gasteiger partial charge in [0.15, 0.2) is 5.96 Å². The number of rotatable bonds is 6. The van der Waals surface area contributed by atoms with Crippen LogP contribution < -0.4 is 10.6 Å². The third-order valence-electron chi connectivity index (χ3n) is 4.31. The van der Waals surface area contributed by atoms with Crippen LogP contribution in [0.25, 0.3) is 0 Å². The highest BCUT2D eigenvalue weighted by atomic mass is 127. The molecule has 1 aromatic carbocycles. The van der Waals surface area contributed by atoms with Crippen LogP contribution in [0, 0.1) is 6.92 Å². The molecule has 5 heteroatoms. The second-order valence-electron chi connectivity index (χ2n) is 6.83. The lowest BCUT2D eigenvalue weighted by Gasteiger charge is -2.33. The Morgan fingerprint density at radius 2 is 1.91 bits per heavy atom. The fourth-order valence-corrected chi connectivity index (χ4v) is 2.02. The first-order valence-corrected chi connectivity index (χ1v) is 7.95. The summed E-state index contributed by atoms with van der Waals surface area (Å²) in [6, 6.07) is 8.68. The van der Waals surface area contributed by atoms with Crippen molar-refractivity contribution < 1.29 is 0 Å². The summed E-state index contributed by atoms with van der Waals surface area (Å²) in [5.41, 5.74) is 2.75. The van der Waals surface area contributed by atoms with Crippen LogP contribution in [0.2, 0.25) is 0 Å². The molecule has 0 radical (unpaired) electrons. The number of halogens is 1. The van der Waals surface area contributed by atoms with E-state index in [2.05, 4.69) is 86.6 Å². The third kappa shape index (κ3) is 7.52. The third-order valence-corrected chi connectivity index (χ3v) is 4.31. The monoisotopic (exact) mass is 432 g/mol.